The summed E-state index contributed by atoms with van der Waals surface area (Å²) < 4.78 is 35.7. The zero-order valence-corrected chi connectivity index (χ0v) is 17.3. The molecule has 1 rings (SSSR count). The van der Waals surface area contributed by atoms with Gasteiger partial charge in [0.15, 0.2) is 0 Å². The first-order valence-corrected chi connectivity index (χ1v) is 10.8. The van der Waals surface area contributed by atoms with Crippen LogP contribution >= 0.6 is 30.8 Å². The van der Waals surface area contributed by atoms with Crippen LogP contribution in [0.4, 0.5) is 0 Å². The first-order valence-electron chi connectivity index (χ1n) is 8.19. The molecule has 0 aliphatic heterocycles. The summed E-state index contributed by atoms with van der Waals surface area (Å²) in [4.78, 5) is 0. The van der Waals surface area contributed by atoms with E-state index in [4.69, 9.17) is 41.7 Å². The van der Waals surface area contributed by atoms with Crippen molar-refractivity contribution in [2.75, 3.05) is 25.0 Å². The predicted octanol–water partition coefficient (Wildman–Crippen LogP) is 4.85. The van der Waals surface area contributed by atoms with Crippen LogP contribution in [0.15, 0.2) is 55.0 Å². The third-order valence-electron chi connectivity index (χ3n) is 3.02. The summed E-state index contributed by atoms with van der Waals surface area (Å²) in [5, 5.41) is 0.419. The lowest BCUT2D eigenvalue weighted by Crippen LogP contribution is -2.28. The molecule has 0 fully saturated rings. The van der Waals surface area contributed by atoms with Gasteiger partial charge in [-0.3, -0.25) is 13.6 Å². The highest BCUT2D eigenvalue weighted by Crippen LogP contribution is 2.49. The number of allylic oxidation sites excluding steroid dienone is 2. The van der Waals surface area contributed by atoms with E-state index in [1.807, 2.05) is 19.9 Å². The van der Waals surface area contributed by atoms with Gasteiger partial charge >= 0.3 is 7.60 Å². The molecular formula is C18H25Cl2O5P. The van der Waals surface area contributed by atoms with Gasteiger partial charge in [0.25, 0.3) is 0 Å². The molecule has 0 saturated carbocycles. The summed E-state index contributed by atoms with van der Waals surface area (Å²) in [6.07, 6.45) is 5.27. The van der Waals surface area contributed by atoms with E-state index in [0.717, 1.165) is 0 Å². The van der Waals surface area contributed by atoms with E-state index in [1.54, 1.807) is 36.4 Å². The second kappa shape index (κ2) is 13.2. The molecule has 0 aliphatic rings. The van der Waals surface area contributed by atoms with E-state index in [1.165, 1.54) is 12.5 Å². The summed E-state index contributed by atoms with van der Waals surface area (Å²) in [5.74, 6) is 0.191. The molecule has 0 radical (unpaired) electrons. The number of hydrogen-bond donors (Lipinski definition) is 0. The first kappa shape index (κ1) is 23.1. The highest BCUT2D eigenvalue weighted by atomic mass is 35.5. The van der Waals surface area contributed by atoms with E-state index in [0.29, 0.717) is 5.30 Å². The minimum atomic E-state index is -3.69. The molecular weight excluding hydrogens is 398 g/mol. The molecule has 0 heterocycles. The Morgan fingerprint density at radius 3 is 1.77 bits per heavy atom. The van der Waals surface area contributed by atoms with Crippen LogP contribution in [0.2, 0.25) is 0 Å². The maximum Gasteiger partial charge on any atom is 0.362 e. The van der Waals surface area contributed by atoms with E-state index >= 15 is 0 Å². The average Bonchev–Trinajstić information content (AvgIpc) is 2.67. The SMILES string of the molecule is C/C=C/OCC(CCl)OP(=O)(OC(CCl)CO/C=C/C)c1ccccc1. The minimum absolute atomic E-state index is 0.0956. The van der Waals surface area contributed by atoms with Gasteiger partial charge in [-0.2, -0.15) is 0 Å². The number of ether oxygens (including phenoxy) is 2. The van der Waals surface area contributed by atoms with Gasteiger partial charge in [-0.15, -0.1) is 23.2 Å². The molecule has 0 saturated heterocycles. The van der Waals surface area contributed by atoms with Crippen molar-refractivity contribution in [3.63, 3.8) is 0 Å². The maximum absolute atomic E-state index is 13.5. The Kier molecular flexibility index (Phi) is 11.7. The molecule has 146 valence electrons. The summed E-state index contributed by atoms with van der Waals surface area (Å²) in [7, 11) is -3.69. The summed E-state index contributed by atoms with van der Waals surface area (Å²) in [6.45, 7) is 3.94. The molecule has 0 aliphatic carbocycles. The number of rotatable bonds is 13. The molecule has 1 aromatic rings. The molecule has 26 heavy (non-hydrogen) atoms. The van der Waals surface area contributed by atoms with E-state index in [-0.39, 0.29) is 25.0 Å². The standard InChI is InChI=1S/C18H25Cl2O5P/c1-3-10-22-14-16(12-19)24-26(21,18-8-6-5-7-9-18)25-17(13-20)15-23-11-4-2/h3-11,16-17H,12-15H2,1-2H3/b10-3+,11-4+. The van der Waals surface area contributed by atoms with Crippen LogP contribution in [0.1, 0.15) is 13.8 Å². The Hall–Kier alpha value is -0.970. The van der Waals surface area contributed by atoms with Crippen LogP contribution in [-0.4, -0.2) is 37.2 Å². The average molecular weight is 423 g/mol. The van der Waals surface area contributed by atoms with E-state index in [9.17, 15) is 4.57 Å². The number of hydrogen-bond acceptors (Lipinski definition) is 5. The summed E-state index contributed by atoms with van der Waals surface area (Å²) >= 11 is 11.9. The Morgan fingerprint density at radius 2 is 1.38 bits per heavy atom. The Morgan fingerprint density at radius 1 is 0.923 bits per heavy atom. The van der Waals surface area contributed by atoms with Crippen LogP contribution in [0, 0.1) is 0 Å². The van der Waals surface area contributed by atoms with Crippen LogP contribution < -0.4 is 5.30 Å². The second-order valence-electron chi connectivity index (χ2n) is 5.20. The number of halogens is 2. The van der Waals surface area contributed by atoms with Gasteiger partial charge < -0.3 is 9.47 Å². The smallest absolute Gasteiger partial charge is 0.362 e. The Balaban J connectivity index is 2.96. The third kappa shape index (κ3) is 8.15. The monoisotopic (exact) mass is 422 g/mol. The van der Waals surface area contributed by atoms with Crippen LogP contribution in [0.5, 0.6) is 0 Å². The van der Waals surface area contributed by atoms with Crippen molar-refractivity contribution in [1.29, 1.82) is 0 Å². The van der Waals surface area contributed by atoms with Crippen LogP contribution in [-0.2, 0) is 23.1 Å². The topological polar surface area (TPSA) is 54.0 Å². The lowest BCUT2D eigenvalue weighted by atomic mass is 10.4. The molecule has 1 aromatic carbocycles. The lowest BCUT2D eigenvalue weighted by molar-refractivity contribution is 0.0675. The lowest BCUT2D eigenvalue weighted by Gasteiger charge is -2.26. The molecule has 0 N–H and O–H groups in total. The minimum Gasteiger partial charge on any atom is -0.499 e. The predicted molar refractivity (Wildman–Crippen MR) is 106 cm³/mol. The molecule has 8 heteroatoms. The quantitative estimate of drug-likeness (QED) is 0.258. The van der Waals surface area contributed by atoms with Crippen LogP contribution in [0.3, 0.4) is 0 Å². The molecule has 2 atom stereocenters. The molecule has 5 nitrogen and oxygen atoms in total. The summed E-state index contributed by atoms with van der Waals surface area (Å²) in [6, 6.07) is 8.68. The van der Waals surface area contributed by atoms with Gasteiger partial charge in [0, 0.05) is 0 Å². The van der Waals surface area contributed by atoms with Crippen molar-refractivity contribution in [2.45, 2.75) is 26.1 Å². The van der Waals surface area contributed by atoms with E-state index < -0.39 is 19.8 Å². The number of alkyl halides is 2. The fraction of sp³-hybridized carbons (Fsp3) is 0.444. The van der Waals surface area contributed by atoms with Crippen molar-refractivity contribution in [1.82, 2.24) is 0 Å². The Labute approximate surface area is 165 Å². The fourth-order valence-corrected chi connectivity index (χ4v) is 4.24. The fourth-order valence-electron chi connectivity index (χ4n) is 1.87. The molecule has 0 amide bonds. The van der Waals surface area contributed by atoms with Crippen molar-refractivity contribution in [2.24, 2.45) is 0 Å². The van der Waals surface area contributed by atoms with Gasteiger partial charge in [0.05, 0.1) is 29.6 Å². The van der Waals surface area contributed by atoms with Crippen molar-refractivity contribution in [3.05, 3.63) is 55.0 Å². The van der Waals surface area contributed by atoms with Gasteiger partial charge in [0.1, 0.15) is 25.4 Å². The highest BCUT2D eigenvalue weighted by molar-refractivity contribution is 7.62. The van der Waals surface area contributed by atoms with Gasteiger partial charge in [-0.05, 0) is 26.0 Å². The zero-order valence-electron chi connectivity index (χ0n) is 14.9. The molecule has 0 bridgehead atoms. The van der Waals surface area contributed by atoms with Crippen LogP contribution in [0.25, 0.3) is 0 Å². The van der Waals surface area contributed by atoms with Crippen molar-refractivity contribution >= 4 is 36.1 Å². The normalized spacial score (nSPS) is 16.5. The van der Waals surface area contributed by atoms with Gasteiger partial charge in [-0.25, -0.2) is 0 Å². The number of benzene rings is 1. The Bertz CT molecular complexity index is 565. The van der Waals surface area contributed by atoms with Crippen molar-refractivity contribution in [3.8, 4) is 0 Å². The van der Waals surface area contributed by atoms with Crippen molar-refractivity contribution < 1.29 is 23.1 Å². The van der Waals surface area contributed by atoms with E-state index in [2.05, 4.69) is 0 Å². The molecule has 2 unspecified atom stereocenters. The summed E-state index contributed by atoms with van der Waals surface area (Å²) in [5.41, 5.74) is 0. The maximum atomic E-state index is 13.5. The van der Waals surface area contributed by atoms with Gasteiger partial charge in [-0.1, -0.05) is 30.4 Å². The molecule has 0 aromatic heterocycles. The second-order valence-corrected chi connectivity index (χ2v) is 7.75. The van der Waals surface area contributed by atoms with Gasteiger partial charge in [0.2, 0.25) is 0 Å². The third-order valence-corrected chi connectivity index (χ3v) is 5.79. The highest BCUT2D eigenvalue weighted by Gasteiger charge is 2.34. The first-order chi connectivity index (χ1) is 12.6. The molecule has 0 spiro atoms. The zero-order chi connectivity index (χ0) is 19.3. The largest absolute Gasteiger partial charge is 0.499 e.